The summed E-state index contributed by atoms with van der Waals surface area (Å²) in [6.07, 6.45) is 5.43. The van der Waals surface area contributed by atoms with E-state index in [2.05, 4.69) is 6.92 Å². The summed E-state index contributed by atoms with van der Waals surface area (Å²) in [6, 6.07) is 8.96. The molecule has 0 heterocycles. The van der Waals surface area contributed by atoms with Gasteiger partial charge in [0.1, 0.15) is 5.75 Å². The van der Waals surface area contributed by atoms with Crippen molar-refractivity contribution in [1.29, 1.82) is 0 Å². The first kappa shape index (κ1) is 19.9. The highest BCUT2D eigenvalue weighted by Gasteiger charge is 2.24. The molecule has 132 valence electrons. The molecule has 0 aliphatic heterocycles. The molecule has 0 aromatic heterocycles. The summed E-state index contributed by atoms with van der Waals surface area (Å²) in [6.45, 7) is 2.16. The SMILES string of the molecule is CCCCCCCCC(Oc1ccccc1)C(=O)OC(C=O)C=O. The molecule has 0 spiro atoms. The van der Waals surface area contributed by atoms with Gasteiger partial charge in [0, 0.05) is 0 Å². The van der Waals surface area contributed by atoms with Crippen LogP contribution in [0, 0.1) is 0 Å². The number of rotatable bonds is 13. The molecule has 0 aliphatic carbocycles. The van der Waals surface area contributed by atoms with Gasteiger partial charge < -0.3 is 9.47 Å². The van der Waals surface area contributed by atoms with E-state index < -0.39 is 18.2 Å². The highest BCUT2D eigenvalue weighted by Crippen LogP contribution is 2.17. The van der Waals surface area contributed by atoms with Gasteiger partial charge in [-0.3, -0.25) is 9.59 Å². The molecule has 0 radical (unpaired) electrons. The lowest BCUT2D eigenvalue weighted by atomic mass is 10.1. The second-order valence-corrected chi connectivity index (χ2v) is 5.65. The van der Waals surface area contributed by atoms with Gasteiger partial charge >= 0.3 is 5.97 Å². The van der Waals surface area contributed by atoms with Gasteiger partial charge in [-0.1, -0.05) is 57.2 Å². The van der Waals surface area contributed by atoms with Gasteiger partial charge in [0.25, 0.3) is 0 Å². The molecular weight excluding hydrogens is 308 g/mol. The number of ether oxygens (including phenoxy) is 2. The maximum Gasteiger partial charge on any atom is 0.348 e. The molecule has 1 atom stereocenters. The van der Waals surface area contributed by atoms with E-state index in [0.717, 1.165) is 19.3 Å². The second-order valence-electron chi connectivity index (χ2n) is 5.65. The Morgan fingerprint density at radius 1 is 1.00 bits per heavy atom. The topological polar surface area (TPSA) is 69.7 Å². The normalized spacial score (nSPS) is 11.8. The van der Waals surface area contributed by atoms with Crippen molar-refractivity contribution in [2.75, 3.05) is 0 Å². The summed E-state index contributed by atoms with van der Waals surface area (Å²) >= 11 is 0. The summed E-state index contributed by atoms with van der Waals surface area (Å²) in [7, 11) is 0. The number of carbonyl (C=O) groups excluding carboxylic acids is 3. The predicted molar refractivity (Wildman–Crippen MR) is 90.9 cm³/mol. The van der Waals surface area contributed by atoms with Gasteiger partial charge in [0.2, 0.25) is 6.10 Å². The van der Waals surface area contributed by atoms with Crippen molar-refractivity contribution in [2.45, 2.75) is 64.1 Å². The predicted octanol–water partition coefficient (Wildman–Crippen LogP) is 3.49. The van der Waals surface area contributed by atoms with E-state index in [1.54, 1.807) is 12.1 Å². The Kier molecular flexibility index (Phi) is 10.2. The highest BCUT2D eigenvalue weighted by molar-refractivity contribution is 5.86. The molecule has 5 nitrogen and oxygen atoms in total. The minimum Gasteiger partial charge on any atom is -0.479 e. The Balaban J connectivity index is 2.56. The van der Waals surface area contributed by atoms with E-state index >= 15 is 0 Å². The largest absolute Gasteiger partial charge is 0.479 e. The first-order valence-electron chi connectivity index (χ1n) is 8.54. The minimum atomic E-state index is -1.37. The quantitative estimate of drug-likeness (QED) is 0.239. The summed E-state index contributed by atoms with van der Waals surface area (Å²) in [5.74, 6) is -0.129. The van der Waals surface area contributed by atoms with Crippen molar-refractivity contribution in [3.63, 3.8) is 0 Å². The van der Waals surface area contributed by atoms with Crippen molar-refractivity contribution in [3.05, 3.63) is 30.3 Å². The molecule has 5 heteroatoms. The van der Waals surface area contributed by atoms with Crippen LogP contribution in [0.4, 0.5) is 0 Å². The number of carbonyl (C=O) groups is 3. The molecule has 0 aliphatic rings. The fourth-order valence-corrected chi connectivity index (χ4v) is 2.30. The van der Waals surface area contributed by atoms with Gasteiger partial charge in [-0.05, 0) is 25.0 Å². The number of esters is 1. The zero-order valence-electron chi connectivity index (χ0n) is 14.2. The van der Waals surface area contributed by atoms with Crippen molar-refractivity contribution < 1.29 is 23.9 Å². The molecule has 0 amide bonds. The fourth-order valence-electron chi connectivity index (χ4n) is 2.30. The summed E-state index contributed by atoms with van der Waals surface area (Å²) in [5.41, 5.74) is 0. The molecule has 1 aromatic carbocycles. The Labute approximate surface area is 143 Å². The molecule has 0 saturated heterocycles. The Bertz CT molecular complexity index is 478. The minimum absolute atomic E-state index is 0.301. The summed E-state index contributed by atoms with van der Waals surface area (Å²) < 4.78 is 10.6. The van der Waals surface area contributed by atoms with Crippen LogP contribution in [-0.4, -0.2) is 30.7 Å². The smallest absolute Gasteiger partial charge is 0.348 e. The van der Waals surface area contributed by atoms with Crippen molar-refractivity contribution in [1.82, 2.24) is 0 Å². The van der Waals surface area contributed by atoms with Crippen LogP contribution in [0.5, 0.6) is 5.75 Å². The first-order valence-corrected chi connectivity index (χ1v) is 8.54. The van der Waals surface area contributed by atoms with Crippen LogP contribution in [-0.2, 0) is 19.1 Å². The van der Waals surface area contributed by atoms with E-state index in [4.69, 9.17) is 9.47 Å². The molecule has 24 heavy (non-hydrogen) atoms. The maximum absolute atomic E-state index is 12.2. The number of hydrogen-bond acceptors (Lipinski definition) is 5. The van der Waals surface area contributed by atoms with E-state index in [9.17, 15) is 14.4 Å². The molecule has 1 rings (SSSR count). The summed E-state index contributed by atoms with van der Waals surface area (Å²) in [4.78, 5) is 33.5. The molecule has 0 bridgehead atoms. The lowest BCUT2D eigenvalue weighted by Gasteiger charge is -2.18. The number of hydrogen-bond donors (Lipinski definition) is 0. The van der Waals surface area contributed by atoms with Crippen LogP contribution >= 0.6 is 0 Å². The molecule has 1 aromatic rings. The van der Waals surface area contributed by atoms with E-state index in [0.29, 0.717) is 24.7 Å². The first-order chi connectivity index (χ1) is 11.7. The van der Waals surface area contributed by atoms with Gasteiger partial charge in [-0.15, -0.1) is 0 Å². The van der Waals surface area contributed by atoms with Crippen LogP contribution in [0.1, 0.15) is 51.9 Å². The van der Waals surface area contributed by atoms with Gasteiger partial charge in [0.15, 0.2) is 18.7 Å². The molecular formula is C19H26O5. The van der Waals surface area contributed by atoms with Crippen LogP contribution in [0.15, 0.2) is 30.3 Å². The van der Waals surface area contributed by atoms with Crippen molar-refractivity contribution in [2.24, 2.45) is 0 Å². The van der Waals surface area contributed by atoms with Crippen molar-refractivity contribution in [3.8, 4) is 5.75 Å². The average Bonchev–Trinajstić information content (AvgIpc) is 2.62. The second kappa shape index (κ2) is 12.3. The van der Waals surface area contributed by atoms with Gasteiger partial charge in [-0.25, -0.2) is 4.79 Å². The van der Waals surface area contributed by atoms with Gasteiger partial charge in [-0.2, -0.15) is 0 Å². The van der Waals surface area contributed by atoms with Crippen LogP contribution < -0.4 is 4.74 Å². The van der Waals surface area contributed by atoms with E-state index in [-0.39, 0.29) is 0 Å². The monoisotopic (exact) mass is 334 g/mol. The third-order valence-electron chi connectivity index (χ3n) is 3.62. The molecule has 0 saturated carbocycles. The highest BCUT2D eigenvalue weighted by atomic mass is 16.6. The zero-order valence-corrected chi connectivity index (χ0v) is 14.2. The lowest BCUT2D eigenvalue weighted by molar-refractivity contribution is -0.161. The van der Waals surface area contributed by atoms with Crippen LogP contribution in [0.3, 0.4) is 0 Å². The fraction of sp³-hybridized carbons (Fsp3) is 0.526. The molecule has 0 N–H and O–H groups in total. The third kappa shape index (κ3) is 7.90. The Morgan fingerprint density at radius 2 is 1.62 bits per heavy atom. The number of aldehydes is 2. The third-order valence-corrected chi connectivity index (χ3v) is 3.62. The number of unbranched alkanes of at least 4 members (excludes halogenated alkanes) is 5. The standard InChI is InChI=1S/C19H26O5/c1-2-3-4-5-6-10-13-18(19(22)24-17(14-20)15-21)23-16-11-8-7-9-12-16/h7-9,11-12,14-15,17-18H,2-6,10,13H2,1H3. The molecule has 0 fully saturated rings. The number of para-hydroxylation sites is 1. The summed E-state index contributed by atoms with van der Waals surface area (Å²) in [5, 5.41) is 0. The Morgan fingerprint density at radius 3 is 2.25 bits per heavy atom. The zero-order chi connectivity index (χ0) is 17.6. The lowest BCUT2D eigenvalue weighted by Crippen LogP contribution is -2.33. The molecule has 1 unspecified atom stereocenters. The van der Waals surface area contributed by atoms with Crippen LogP contribution in [0.25, 0.3) is 0 Å². The van der Waals surface area contributed by atoms with Crippen LogP contribution in [0.2, 0.25) is 0 Å². The average molecular weight is 334 g/mol. The maximum atomic E-state index is 12.2. The van der Waals surface area contributed by atoms with E-state index in [1.807, 2.05) is 18.2 Å². The van der Waals surface area contributed by atoms with Crippen molar-refractivity contribution >= 4 is 18.5 Å². The van der Waals surface area contributed by atoms with Gasteiger partial charge in [0.05, 0.1) is 0 Å². The van der Waals surface area contributed by atoms with E-state index in [1.165, 1.54) is 19.3 Å². The Hall–Kier alpha value is -2.17. The number of benzene rings is 1.